The molecule has 0 bridgehead atoms. The van der Waals surface area contributed by atoms with Gasteiger partial charge in [0.2, 0.25) is 0 Å². The quantitative estimate of drug-likeness (QED) is 0.790. The maximum absolute atomic E-state index is 4.29. The monoisotopic (exact) mass is 205 g/mol. The van der Waals surface area contributed by atoms with Gasteiger partial charge in [-0.1, -0.05) is 0 Å². The van der Waals surface area contributed by atoms with Crippen LogP contribution in [0.3, 0.4) is 0 Å². The minimum absolute atomic E-state index is 0.751. The first-order valence-corrected chi connectivity index (χ1v) is 5.72. The van der Waals surface area contributed by atoms with Crippen LogP contribution in [0.5, 0.6) is 0 Å². The Morgan fingerprint density at radius 1 is 1.60 bits per heavy atom. The van der Waals surface area contributed by atoms with Crippen LogP contribution in [0.4, 0.5) is 5.82 Å². The van der Waals surface area contributed by atoms with E-state index in [-0.39, 0.29) is 0 Å². The largest absolute Gasteiger partial charge is 0.370 e. The van der Waals surface area contributed by atoms with Gasteiger partial charge in [0, 0.05) is 12.7 Å². The van der Waals surface area contributed by atoms with E-state index in [0.29, 0.717) is 0 Å². The van der Waals surface area contributed by atoms with E-state index in [2.05, 4.69) is 28.6 Å². The number of pyridine rings is 1. The van der Waals surface area contributed by atoms with Gasteiger partial charge in [0.1, 0.15) is 5.82 Å². The summed E-state index contributed by atoms with van der Waals surface area (Å²) < 4.78 is 0. The molecule has 3 heteroatoms. The van der Waals surface area contributed by atoms with Crippen LogP contribution in [0.25, 0.3) is 0 Å². The first-order chi connectivity index (χ1) is 7.34. The molecule has 1 aliphatic rings. The molecule has 0 aromatic carbocycles. The molecule has 2 rings (SSSR count). The Kier molecular flexibility index (Phi) is 3.56. The molecule has 1 unspecified atom stereocenters. The maximum Gasteiger partial charge on any atom is 0.126 e. The van der Waals surface area contributed by atoms with Gasteiger partial charge in [-0.15, -0.1) is 0 Å². The molecule has 1 atom stereocenters. The average Bonchev–Trinajstić information content (AvgIpc) is 2.28. The number of nitrogens with zero attached hydrogens (tertiary/aromatic N) is 1. The molecule has 0 saturated carbocycles. The van der Waals surface area contributed by atoms with Crippen LogP contribution < -0.4 is 10.6 Å². The van der Waals surface area contributed by atoms with Gasteiger partial charge in [0.05, 0.1) is 0 Å². The standard InChI is InChI=1S/C12H19N3/c1-10-4-6-14-12(7-10)15-9-11-3-2-5-13-8-11/h4,6-7,11,13H,2-3,5,8-9H2,1H3,(H,14,15). The predicted octanol–water partition coefficient (Wildman–Crippen LogP) is 1.80. The van der Waals surface area contributed by atoms with Crippen LogP contribution in [0.1, 0.15) is 18.4 Å². The van der Waals surface area contributed by atoms with E-state index in [0.717, 1.165) is 24.8 Å². The van der Waals surface area contributed by atoms with Gasteiger partial charge in [-0.3, -0.25) is 0 Å². The molecule has 3 nitrogen and oxygen atoms in total. The zero-order chi connectivity index (χ0) is 10.5. The summed E-state index contributed by atoms with van der Waals surface area (Å²) in [6.07, 6.45) is 4.48. The van der Waals surface area contributed by atoms with Crippen LogP contribution in [-0.2, 0) is 0 Å². The lowest BCUT2D eigenvalue weighted by atomic mass is 10.00. The number of anilines is 1. The van der Waals surface area contributed by atoms with Gasteiger partial charge < -0.3 is 10.6 Å². The van der Waals surface area contributed by atoms with E-state index in [4.69, 9.17) is 0 Å². The van der Waals surface area contributed by atoms with Crippen molar-refractivity contribution in [1.29, 1.82) is 0 Å². The Bertz CT molecular complexity index is 305. The molecule has 0 radical (unpaired) electrons. The van der Waals surface area contributed by atoms with Crippen molar-refractivity contribution in [3.8, 4) is 0 Å². The van der Waals surface area contributed by atoms with Crippen LogP contribution in [0, 0.1) is 12.8 Å². The van der Waals surface area contributed by atoms with Gasteiger partial charge in [-0.05, 0) is 56.5 Å². The normalized spacial score (nSPS) is 21.3. The minimum atomic E-state index is 0.751. The van der Waals surface area contributed by atoms with Crippen molar-refractivity contribution in [3.05, 3.63) is 23.9 Å². The maximum atomic E-state index is 4.29. The van der Waals surface area contributed by atoms with Gasteiger partial charge in [0.25, 0.3) is 0 Å². The predicted molar refractivity (Wildman–Crippen MR) is 63.1 cm³/mol. The van der Waals surface area contributed by atoms with E-state index in [9.17, 15) is 0 Å². The van der Waals surface area contributed by atoms with Crippen LogP contribution in [-0.4, -0.2) is 24.6 Å². The summed E-state index contributed by atoms with van der Waals surface area (Å²) in [5.74, 6) is 1.75. The highest BCUT2D eigenvalue weighted by molar-refractivity contribution is 5.36. The van der Waals surface area contributed by atoms with Gasteiger partial charge >= 0.3 is 0 Å². The van der Waals surface area contributed by atoms with E-state index in [1.54, 1.807) is 0 Å². The van der Waals surface area contributed by atoms with E-state index < -0.39 is 0 Å². The Morgan fingerprint density at radius 3 is 3.27 bits per heavy atom. The molecule has 2 heterocycles. The Morgan fingerprint density at radius 2 is 2.53 bits per heavy atom. The molecule has 15 heavy (non-hydrogen) atoms. The SMILES string of the molecule is Cc1ccnc(NCC2CCCNC2)c1. The molecular formula is C12H19N3. The van der Waals surface area contributed by atoms with Crippen LogP contribution in [0.15, 0.2) is 18.3 Å². The lowest BCUT2D eigenvalue weighted by Gasteiger charge is -2.23. The Labute approximate surface area is 91.3 Å². The van der Waals surface area contributed by atoms with E-state index in [1.165, 1.54) is 24.9 Å². The number of aromatic nitrogens is 1. The first kappa shape index (κ1) is 10.4. The average molecular weight is 205 g/mol. The number of hydrogen-bond acceptors (Lipinski definition) is 3. The van der Waals surface area contributed by atoms with Crippen molar-refractivity contribution in [2.45, 2.75) is 19.8 Å². The van der Waals surface area contributed by atoms with Crippen molar-refractivity contribution in [2.24, 2.45) is 5.92 Å². The summed E-state index contributed by atoms with van der Waals surface area (Å²) in [6.45, 7) is 5.44. The van der Waals surface area contributed by atoms with Crippen LogP contribution in [0.2, 0.25) is 0 Å². The molecule has 1 aromatic rings. The molecule has 0 amide bonds. The Balaban J connectivity index is 1.81. The summed E-state index contributed by atoms with van der Waals surface area (Å²) in [6, 6.07) is 4.11. The first-order valence-electron chi connectivity index (χ1n) is 5.72. The van der Waals surface area contributed by atoms with Gasteiger partial charge in [0.15, 0.2) is 0 Å². The lowest BCUT2D eigenvalue weighted by Crippen LogP contribution is -2.33. The summed E-state index contributed by atoms with van der Waals surface area (Å²) >= 11 is 0. The second-order valence-corrected chi connectivity index (χ2v) is 4.31. The zero-order valence-corrected chi connectivity index (χ0v) is 9.29. The lowest BCUT2D eigenvalue weighted by molar-refractivity contribution is 0.392. The molecule has 1 aromatic heterocycles. The fraction of sp³-hybridized carbons (Fsp3) is 0.583. The van der Waals surface area contributed by atoms with Crippen molar-refractivity contribution >= 4 is 5.82 Å². The third-order valence-corrected chi connectivity index (χ3v) is 2.89. The number of rotatable bonds is 3. The molecule has 0 aliphatic carbocycles. The fourth-order valence-electron chi connectivity index (χ4n) is 1.98. The van der Waals surface area contributed by atoms with Crippen molar-refractivity contribution in [3.63, 3.8) is 0 Å². The number of piperidine rings is 1. The second-order valence-electron chi connectivity index (χ2n) is 4.31. The van der Waals surface area contributed by atoms with Crippen molar-refractivity contribution in [2.75, 3.05) is 25.0 Å². The topological polar surface area (TPSA) is 37.0 Å². The summed E-state index contributed by atoms with van der Waals surface area (Å²) in [5, 5.41) is 6.83. The highest BCUT2D eigenvalue weighted by Crippen LogP contribution is 2.11. The van der Waals surface area contributed by atoms with Crippen LogP contribution >= 0.6 is 0 Å². The number of hydrogen-bond donors (Lipinski definition) is 2. The highest BCUT2D eigenvalue weighted by atomic mass is 15.0. The third-order valence-electron chi connectivity index (χ3n) is 2.89. The molecule has 1 saturated heterocycles. The van der Waals surface area contributed by atoms with Crippen molar-refractivity contribution in [1.82, 2.24) is 10.3 Å². The smallest absolute Gasteiger partial charge is 0.126 e. The Hall–Kier alpha value is -1.09. The van der Waals surface area contributed by atoms with Gasteiger partial charge in [-0.2, -0.15) is 0 Å². The molecular weight excluding hydrogens is 186 g/mol. The number of aryl methyl sites for hydroxylation is 1. The third kappa shape index (κ3) is 3.20. The summed E-state index contributed by atoms with van der Waals surface area (Å²) in [7, 11) is 0. The molecule has 1 fully saturated rings. The van der Waals surface area contributed by atoms with E-state index in [1.807, 2.05) is 12.3 Å². The number of nitrogens with one attached hydrogen (secondary N) is 2. The second kappa shape index (κ2) is 5.12. The van der Waals surface area contributed by atoms with E-state index >= 15 is 0 Å². The molecule has 2 N–H and O–H groups in total. The zero-order valence-electron chi connectivity index (χ0n) is 9.29. The highest BCUT2D eigenvalue weighted by Gasteiger charge is 2.12. The van der Waals surface area contributed by atoms with Crippen molar-refractivity contribution < 1.29 is 0 Å². The molecule has 1 aliphatic heterocycles. The van der Waals surface area contributed by atoms with Gasteiger partial charge in [-0.25, -0.2) is 4.98 Å². The molecule has 0 spiro atoms. The molecule has 82 valence electrons. The minimum Gasteiger partial charge on any atom is -0.370 e. The summed E-state index contributed by atoms with van der Waals surface area (Å²) in [5.41, 5.74) is 1.26. The summed E-state index contributed by atoms with van der Waals surface area (Å²) in [4.78, 5) is 4.29. The fourth-order valence-corrected chi connectivity index (χ4v) is 1.98.